The lowest BCUT2D eigenvalue weighted by Gasteiger charge is -2.21. The summed E-state index contributed by atoms with van der Waals surface area (Å²) in [6, 6.07) is 0. The van der Waals surface area contributed by atoms with Crippen molar-refractivity contribution in [1.29, 1.82) is 0 Å². The molecule has 0 unspecified atom stereocenters. The molecule has 0 N–H and O–H groups in total. The minimum atomic E-state index is 1.11. The highest BCUT2D eigenvalue weighted by atomic mass is 14.2. The zero-order valence-corrected chi connectivity index (χ0v) is 10.3. The standard InChI is InChI=1S/C15H28/c1-2-6-10-14(9-5-1)13-15-11-7-3-4-8-12-15/h14-15H,1-13H2. The van der Waals surface area contributed by atoms with Crippen LogP contribution in [0.5, 0.6) is 0 Å². The van der Waals surface area contributed by atoms with E-state index in [9.17, 15) is 0 Å². The molecule has 2 saturated carbocycles. The Kier molecular flexibility index (Phi) is 5.02. The van der Waals surface area contributed by atoms with Gasteiger partial charge in [0.05, 0.1) is 0 Å². The largest absolute Gasteiger partial charge is 0.0533 e. The molecule has 0 aromatic carbocycles. The van der Waals surface area contributed by atoms with Crippen LogP contribution in [-0.4, -0.2) is 0 Å². The van der Waals surface area contributed by atoms with Crippen LogP contribution in [-0.2, 0) is 0 Å². The van der Waals surface area contributed by atoms with Gasteiger partial charge in [-0.1, -0.05) is 77.0 Å². The van der Waals surface area contributed by atoms with E-state index in [0.717, 1.165) is 11.8 Å². The zero-order chi connectivity index (χ0) is 10.3. The van der Waals surface area contributed by atoms with Gasteiger partial charge in [0.2, 0.25) is 0 Å². The maximum atomic E-state index is 1.58. The van der Waals surface area contributed by atoms with Crippen molar-refractivity contribution in [3.8, 4) is 0 Å². The lowest BCUT2D eigenvalue weighted by Crippen LogP contribution is -2.08. The van der Waals surface area contributed by atoms with Crippen LogP contribution in [0.25, 0.3) is 0 Å². The van der Waals surface area contributed by atoms with Crippen LogP contribution in [0.3, 0.4) is 0 Å². The summed E-state index contributed by atoms with van der Waals surface area (Å²) in [6.45, 7) is 0. The summed E-state index contributed by atoms with van der Waals surface area (Å²) in [6.07, 6.45) is 20.0. The van der Waals surface area contributed by atoms with Crippen LogP contribution >= 0.6 is 0 Å². The molecule has 0 spiro atoms. The molecule has 2 aliphatic carbocycles. The maximum absolute atomic E-state index is 1.58. The quantitative estimate of drug-likeness (QED) is 0.539. The molecule has 15 heavy (non-hydrogen) atoms. The van der Waals surface area contributed by atoms with Gasteiger partial charge >= 0.3 is 0 Å². The molecule has 0 amide bonds. The molecule has 0 aromatic rings. The van der Waals surface area contributed by atoms with Crippen molar-refractivity contribution in [3.05, 3.63) is 0 Å². The van der Waals surface area contributed by atoms with Crippen molar-refractivity contribution in [1.82, 2.24) is 0 Å². The lowest BCUT2D eigenvalue weighted by atomic mass is 9.85. The van der Waals surface area contributed by atoms with Crippen LogP contribution in [0.1, 0.15) is 83.5 Å². The molecule has 0 atom stereocenters. The SMILES string of the molecule is C1CCCC(CC2CCCCCC2)CC1. The average molecular weight is 208 g/mol. The molecule has 0 aliphatic heterocycles. The predicted octanol–water partition coefficient (Wildman–Crippen LogP) is 5.32. The van der Waals surface area contributed by atoms with Gasteiger partial charge in [-0.25, -0.2) is 0 Å². The Labute approximate surface area is 95.8 Å². The predicted molar refractivity (Wildman–Crippen MR) is 67.0 cm³/mol. The van der Waals surface area contributed by atoms with Gasteiger partial charge in [0.25, 0.3) is 0 Å². The maximum Gasteiger partial charge on any atom is -0.0412 e. The monoisotopic (exact) mass is 208 g/mol. The highest BCUT2D eigenvalue weighted by molar-refractivity contribution is 4.71. The lowest BCUT2D eigenvalue weighted by molar-refractivity contribution is 0.314. The van der Waals surface area contributed by atoms with Gasteiger partial charge in [-0.05, 0) is 18.3 Å². The van der Waals surface area contributed by atoms with E-state index < -0.39 is 0 Å². The highest BCUT2D eigenvalue weighted by Crippen LogP contribution is 2.33. The Morgan fingerprint density at radius 1 is 0.467 bits per heavy atom. The van der Waals surface area contributed by atoms with E-state index in [1.54, 1.807) is 32.1 Å². The third-order valence-corrected chi connectivity index (χ3v) is 4.62. The fourth-order valence-electron chi connectivity index (χ4n) is 3.67. The van der Waals surface area contributed by atoms with E-state index >= 15 is 0 Å². The molecule has 0 aromatic heterocycles. The van der Waals surface area contributed by atoms with Gasteiger partial charge in [0, 0.05) is 0 Å². The summed E-state index contributed by atoms with van der Waals surface area (Å²) in [5.41, 5.74) is 0. The van der Waals surface area contributed by atoms with Gasteiger partial charge in [-0.2, -0.15) is 0 Å². The second-order valence-electron chi connectivity index (χ2n) is 5.95. The molecule has 2 rings (SSSR count). The number of hydrogen-bond donors (Lipinski definition) is 0. The van der Waals surface area contributed by atoms with Crippen LogP contribution in [0.15, 0.2) is 0 Å². The summed E-state index contributed by atoms with van der Waals surface area (Å²) < 4.78 is 0. The van der Waals surface area contributed by atoms with Gasteiger partial charge in [-0.15, -0.1) is 0 Å². The topological polar surface area (TPSA) is 0 Å². The van der Waals surface area contributed by atoms with Crippen LogP contribution in [0.2, 0.25) is 0 Å². The van der Waals surface area contributed by atoms with Crippen LogP contribution < -0.4 is 0 Å². The first-order valence-electron chi connectivity index (χ1n) is 7.45. The molecular weight excluding hydrogens is 180 g/mol. The highest BCUT2D eigenvalue weighted by Gasteiger charge is 2.19. The molecule has 0 radical (unpaired) electrons. The van der Waals surface area contributed by atoms with E-state index in [2.05, 4.69) is 0 Å². The van der Waals surface area contributed by atoms with Gasteiger partial charge in [0.1, 0.15) is 0 Å². The molecule has 0 bridgehead atoms. The van der Waals surface area contributed by atoms with Crippen molar-refractivity contribution in [2.45, 2.75) is 83.5 Å². The Hall–Kier alpha value is 0. The summed E-state index contributed by atoms with van der Waals surface area (Å²) in [7, 11) is 0. The molecule has 2 aliphatic rings. The molecule has 0 nitrogen and oxygen atoms in total. The molecule has 0 heterocycles. The third kappa shape index (κ3) is 4.17. The summed E-state index contributed by atoms with van der Waals surface area (Å²) >= 11 is 0. The van der Waals surface area contributed by atoms with Gasteiger partial charge < -0.3 is 0 Å². The first kappa shape index (κ1) is 11.5. The van der Waals surface area contributed by atoms with E-state index in [4.69, 9.17) is 0 Å². The van der Waals surface area contributed by atoms with Crippen LogP contribution in [0.4, 0.5) is 0 Å². The zero-order valence-electron chi connectivity index (χ0n) is 10.3. The van der Waals surface area contributed by atoms with Gasteiger partial charge in [0.15, 0.2) is 0 Å². The summed E-state index contributed by atoms with van der Waals surface area (Å²) in [5, 5.41) is 0. The van der Waals surface area contributed by atoms with Crippen molar-refractivity contribution in [3.63, 3.8) is 0 Å². The number of hydrogen-bond acceptors (Lipinski definition) is 0. The fraction of sp³-hybridized carbons (Fsp3) is 1.00. The first-order valence-corrected chi connectivity index (χ1v) is 7.45. The average Bonchev–Trinajstić information content (AvgIpc) is 2.63. The first-order chi connectivity index (χ1) is 7.45. The normalized spacial score (nSPS) is 27.2. The Morgan fingerprint density at radius 3 is 1.13 bits per heavy atom. The molecule has 2 fully saturated rings. The van der Waals surface area contributed by atoms with Crippen LogP contribution in [0, 0.1) is 11.8 Å². The summed E-state index contributed by atoms with van der Waals surface area (Å²) in [4.78, 5) is 0. The minimum absolute atomic E-state index is 1.11. The van der Waals surface area contributed by atoms with Crippen molar-refractivity contribution in [2.75, 3.05) is 0 Å². The second-order valence-corrected chi connectivity index (χ2v) is 5.95. The van der Waals surface area contributed by atoms with E-state index in [-0.39, 0.29) is 0 Å². The number of rotatable bonds is 2. The smallest absolute Gasteiger partial charge is 0.0412 e. The van der Waals surface area contributed by atoms with Crippen molar-refractivity contribution in [2.24, 2.45) is 11.8 Å². The van der Waals surface area contributed by atoms with E-state index in [1.165, 1.54) is 51.4 Å². The Balaban J connectivity index is 1.73. The molecular formula is C15H28. The molecule has 88 valence electrons. The minimum Gasteiger partial charge on any atom is -0.0533 e. The molecule has 0 heteroatoms. The Bertz CT molecular complexity index is 127. The Morgan fingerprint density at radius 2 is 0.800 bits per heavy atom. The van der Waals surface area contributed by atoms with Crippen molar-refractivity contribution >= 4 is 0 Å². The molecule has 0 saturated heterocycles. The second kappa shape index (κ2) is 6.55. The summed E-state index contributed by atoms with van der Waals surface area (Å²) in [5.74, 6) is 2.21. The van der Waals surface area contributed by atoms with E-state index in [1.807, 2.05) is 0 Å². The third-order valence-electron chi connectivity index (χ3n) is 4.62. The van der Waals surface area contributed by atoms with Gasteiger partial charge in [-0.3, -0.25) is 0 Å². The van der Waals surface area contributed by atoms with E-state index in [0.29, 0.717) is 0 Å². The fourth-order valence-corrected chi connectivity index (χ4v) is 3.67. The van der Waals surface area contributed by atoms with Crippen molar-refractivity contribution < 1.29 is 0 Å².